The third-order valence-electron chi connectivity index (χ3n) is 3.86. The van der Waals surface area contributed by atoms with Crippen molar-refractivity contribution in [1.82, 2.24) is 20.0 Å². The smallest absolute Gasteiger partial charge is 0.318 e. The Balaban J connectivity index is 1.96. The van der Waals surface area contributed by atoms with E-state index in [2.05, 4.69) is 10.4 Å². The molecule has 1 heterocycles. The predicted molar refractivity (Wildman–Crippen MR) is 76.5 cm³/mol. The fraction of sp³-hybridized carbons (Fsp3) is 0.714. The normalized spacial score (nSPS) is 16.0. The molecule has 2 amide bonds. The monoisotopic (exact) mass is 280 g/mol. The van der Waals surface area contributed by atoms with E-state index >= 15 is 0 Å². The molecule has 1 saturated carbocycles. The van der Waals surface area contributed by atoms with Crippen molar-refractivity contribution in [3.63, 3.8) is 0 Å². The Bertz CT molecular complexity index is 468. The third-order valence-corrected chi connectivity index (χ3v) is 3.86. The van der Waals surface area contributed by atoms with Crippen molar-refractivity contribution in [2.75, 3.05) is 20.3 Å². The number of nitrogens with one attached hydrogen (secondary N) is 1. The van der Waals surface area contributed by atoms with E-state index in [1.807, 2.05) is 36.7 Å². The molecule has 1 N–H and O–H groups in total. The van der Waals surface area contributed by atoms with Gasteiger partial charge in [-0.25, -0.2) is 4.79 Å². The Hall–Kier alpha value is -1.56. The first-order chi connectivity index (χ1) is 9.54. The van der Waals surface area contributed by atoms with Gasteiger partial charge in [0.25, 0.3) is 0 Å². The van der Waals surface area contributed by atoms with Crippen LogP contribution in [0.15, 0.2) is 6.20 Å². The molecule has 1 aromatic heterocycles. The van der Waals surface area contributed by atoms with Crippen molar-refractivity contribution in [1.29, 1.82) is 0 Å². The zero-order chi connectivity index (χ0) is 14.7. The van der Waals surface area contributed by atoms with Gasteiger partial charge in [-0.05, 0) is 26.7 Å². The van der Waals surface area contributed by atoms with E-state index in [1.54, 1.807) is 7.11 Å². The lowest BCUT2D eigenvalue weighted by molar-refractivity contribution is 0.145. The van der Waals surface area contributed by atoms with E-state index in [1.165, 1.54) is 0 Å². The van der Waals surface area contributed by atoms with Gasteiger partial charge in [-0.3, -0.25) is 4.68 Å². The van der Waals surface area contributed by atoms with Crippen molar-refractivity contribution in [3.8, 4) is 0 Å². The molecule has 0 unspecified atom stereocenters. The fourth-order valence-electron chi connectivity index (χ4n) is 2.31. The van der Waals surface area contributed by atoms with Gasteiger partial charge in [-0.2, -0.15) is 5.10 Å². The maximum Gasteiger partial charge on any atom is 0.318 e. The summed E-state index contributed by atoms with van der Waals surface area (Å²) in [7, 11) is 3.56. The molecule has 0 aliphatic heterocycles. The minimum atomic E-state index is -0.0417. The van der Waals surface area contributed by atoms with Crippen LogP contribution in [0.1, 0.15) is 37.1 Å². The summed E-state index contributed by atoms with van der Waals surface area (Å²) in [5.41, 5.74) is 2.14. The van der Waals surface area contributed by atoms with Gasteiger partial charge in [0.05, 0.1) is 18.8 Å². The summed E-state index contributed by atoms with van der Waals surface area (Å²) >= 11 is 0. The second-order valence-corrected chi connectivity index (χ2v) is 5.40. The quantitative estimate of drug-likeness (QED) is 0.861. The van der Waals surface area contributed by atoms with E-state index in [0.717, 1.165) is 24.1 Å². The molecule has 1 aliphatic carbocycles. The third kappa shape index (κ3) is 3.30. The van der Waals surface area contributed by atoms with Crippen LogP contribution in [0.2, 0.25) is 0 Å². The summed E-state index contributed by atoms with van der Waals surface area (Å²) in [5.74, 6) is 0. The molecule has 0 saturated heterocycles. The van der Waals surface area contributed by atoms with E-state index in [0.29, 0.717) is 19.2 Å². The zero-order valence-corrected chi connectivity index (χ0v) is 12.7. The second kappa shape index (κ2) is 6.26. The first-order valence-corrected chi connectivity index (χ1v) is 7.09. The molecule has 2 rings (SSSR count). The van der Waals surface area contributed by atoms with E-state index in [4.69, 9.17) is 4.74 Å². The zero-order valence-electron chi connectivity index (χ0n) is 12.7. The standard InChI is InChI=1S/C14H24N4O2/c1-10(13-9-15-17(3)11(13)2)16-14(19)18(7-8-20-4)12-5-6-12/h9-10,12H,5-8H2,1-4H3,(H,16,19)/t10-/m1/s1. The van der Waals surface area contributed by atoms with Gasteiger partial charge in [-0.15, -0.1) is 0 Å². The van der Waals surface area contributed by atoms with Gasteiger partial charge < -0.3 is 15.0 Å². The van der Waals surface area contributed by atoms with Gasteiger partial charge in [0.15, 0.2) is 0 Å². The maximum atomic E-state index is 12.4. The van der Waals surface area contributed by atoms with E-state index in [-0.39, 0.29) is 12.1 Å². The Morgan fingerprint density at radius 2 is 2.35 bits per heavy atom. The Morgan fingerprint density at radius 3 is 2.85 bits per heavy atom. The SMILES string of the molecule is COCCN(C(=O)N[C@H](C)c1cnn(C)c1C)C1CC1. The molecule has 1 aliphatic rings. The first kappa shape index (κ1) is 14.8. The molecule has 1 aromatic rings. The summed E-state index contributed by atoms with van der Waals surface area (Å²) < 4.78 is 6.90. The molecule has 0 radical (unpaired) electrons. The highest BCUT2D eigenvalue weighted by molar-refractivity contribution is 5.75. The van der Waals surface area contributed by atoms with E-state index in [9.17, 15) is 4.79 Å². The number of carbonyl (C=O) groups excluding carboxylic acids is 1. The number of hydrogen-bond acceptors (Lipinski definition) is 3. The van der Waals surface area contributed by atoms with Crippen molar-refractivity contribution < 1.29 is 9.53 Å². The molecule has 112 valence electrons. The molecule has 0 bridgehead atoms. The lowest BCUT2D eigenvalue weighted by atomic mass is 10.1. The number of aromatic nitrogens is 2. The lowest BCUT2D eigenvalue weighted by Gasteiger charge is -2.25. The average molecular weight is 280 g/mol. The summed E-state index contributed by atoms with van der Waals surface area (Å²) in [5, 5.41) is 7.28. The van der Waals surface area contributed by atoms with Crippen LogP contribution in [0, 0.1) is 6.92 Å². The van der Waals surface area contributed by atoms with Gasteiger partial charge in [0, 0.05) is 38.0 Å². The summed E-state index contributed by atoms with van der Waals surface area (Å²) in [4.78, 5) is 14.2. The number of carbonyl (C=O) groups is 1. The molecule has 0 aromatic carbocycles. The summed E-state index contributed by atoms with van der Waals surface area (Å²) in [6.07, 6.45) is 4.01. The van der Waals surface area contributed by atoms with Crippen molar-refractivity contribution in [2.24, 2.45) is 7.05 Å². The van der Waals surface area contributed by atoms with Gasteiger partial charge >= 0.3 is 6.03 Å². The number of amides is 2. The molecule has 1 atom stereocenters. The Labute approximate surface area is 120 Å². The van der Waals surface area contributed by atoms with Crippen LogP contribution in [-0.2, 0) is 11.8 Å². The van der Waals surface area contributed by atoms with Crippen LogP contribution in [0.25, 0.3) is 0 Å². The number of hydrogen-bond donors (Lipinski definition) is 1. The van der Waals surface area contributed by atoms with Crippen LogP contribution in [0.4, 0.5) is 4.79 Å². The molecule has 1 fully saturated rings. The Kier molecular flexibility index (Phi) is 4.65. The van der Waals surface area contributed by atoms with Crippen LogP contribution < -0.4 is 5.32 Å². The lowest BCUT2D eigenvalue weighted by Crippen LogP contribution is -2.44. The van der Waals surface area contributed by atoms with E-state index < -0.39 is 0 Å². The molecule has 6 heteroatoms. The summed E-state index contributed by atoms with van der Waals surface area (Å²) in [6.45, 7) is 5.22. The highest BCUT2D eigenvalue weighted by Crippen LogP contribution is 2.27. The minimum absolute atomic E-state index is 0.0136. The van der Waals surface area contributed by atoms with Crippen molar-refractivity contribution in [2.45, 2.75) is 38.8 Å². The largest absolute Gasteiger partial charge is 0.383 e. The number of rotatable bonds is 6. The van der Waals surface area contributed by atoms with Crippen LogP contribution in [0.5, 0.6) is 0 Å². The first-order valence-electron chi connectivity index (χ1n) is 7.09. The van der Waals surface area contributed by atoms with Crippen LogP contribution in [0.3, 0.4) is 0 Å². The molecule has 20 heavy (non-hydrogen) atoms. The van der Waals surface area contributed by atoms with Crippen molar-refractivity contribution in [3.05, 3.63) is 17.5 Å². The number of methoxy groups -OCH3 is 1. The maximum absolute atomic E-state index is 12.4. The number of aryl methyl sites for hydroxylation is 1. The molecular formula is C14H24N4O2. The average Bonchev–Trinajstić information content (AvgIpc) is 3.18. The molecular weight excluding hydrogens is 256 g/mol. The minimum Gasteiger partial charge on any atom is -0.383 e. The number of nitrogens with zero attached hydrogens (tertiary/aromatic N) is 3. The number of urea groups is 1. The molecule has 6 nitrogen and oxygen atoms in total. The van der Waals surface area contributed by atoms with Gasteiger partial charge in [-0.1, -0.05) is 0 Å². The highest BCUT2D eigenvalue weighted by Gasteiger charge is 2.33. The summed E-state index contributed by atoms with van der Waals surface area (Å²) in [6, 6.07) is 0.327. The fourth-order valence-corrected chi connectivity index (χ4v) is 2.31. The van der Waals surface area contributed by atoms with Crippen molar-refractivity contribution >= 4 is 6.03 Å². The van der Waals surface area contributed by atoms with Crippen LogP contribution in [-0.4, -0.2) is 47.0 Å². The number of ether oxygens (including phenoxy) is 1. The van der Waals surface area contributed by atoms with Crippen LogP contribution >= 0.6 is 0 Å². The topological polar surface area (TPSA) is 59.4 Å². The molecule has 0 spiro atoms. The van der Waals surface area contributed by atoms with Gasteiger partial charge in [0.2, 0.25) is 0 Å². The predicted octanol–water partition coefficient (Wildman–Crippen LogP) is 1.61. The highest BCUT2D eigenvalue weighted by atomic mass is 16.5. The Morgan fingerprint density at radius 1 is 1.65 bits per heavy atom. The van der Waals surface area contributed by atoms with Gasteiger partial charge in [0.1, 0.15) is 0 Å². The second-order valence-electron chi connectivity index (χ2n) is 5.40.